The number of hydrogen-bond acceptors (Lipinski definition) is 3. The molecular formula is C18H18O3. The van der Waals surface area contributed by atoms with Gasteiger partial charge in [0.25, 0.3) is 0 Å². The second-order valence-electron chi connectivity index (χ2n) is 4.59. The lowest BCUT2D eigenvalue weighted by atomic mass is 10.0. The highest BCUT2D eigenvalue weighted by molar-refractivity contribution is 6.01. The predicted octanol–water partition coefficient (Wildman–Crippen LogP) is 4.08. The molecular weight excluding hydrogens is 264 g/mol. The maximum absolute atomic E-state index is 11.8. The Labute approximate surface area is 124 Å². The third-order valence-corrected chi connectivity index (χ3v) is 3.20. The zero-order valence-corrected chi connectivity index (χ0v) is 12.4. The summed E-state index contributed by atoms with van der Waals surface area (Å²) in [5, 5.41) is 0. The second kappa shape index (κ2) is 6.75. The first-order valence-electron chi connectivity index (χ1n) is 6.65. The van der Waals surface area contributed by atoms with Crippen molar-refractivity contribution in [1.82, 2.24) is 0 Å². The molecule has 0 unspecified atom stereocenters. The van der Waals surface area contributed by atoms with Crippen LogP contribution in [0.1, 0.15) is 28.4 Å². The van der Waals surface area contributed by atoms with E-state index in [0.29, 0.717) is 11.3 Å². The molecule has 0 spiro atoms. The highest BCUT2D eigenvalue weighted by Crippen LogP contribution is 2.24. The fourth-order valence-electron chi connectivity index (χ4n) is 2.13. The van der Waals surface area contributed by atoms with Crippen LogP contribution in [0, 0.1) is 0 Å². The highest BCUT2D eigenvalue weighted by Gasteiger charge is 2.11. The van der Waals surface area contributed by atoms with Crippen LogP contribution in [-0.2, 0) is 0 Å². The lowest BCUT2D eigenvalue weighted by Crippen LogP contribution is -2.00. The summed E-state index contributed by atoms with van der Waals surface area (Å²) < 4.78 is 10.4. The summed E-state index contributed by atoms with van der Waals surface area (Å²) in [5.74, 6) is 1.40. The Bertz CT molecular complexity index is 655. The Morgan fingerprint density at radius 1 is 0.952 bits per heavy atom. The van der Waals surface area contributed by atoms with Gasteiger partial charge in [-0.2, -0.15) is 0 Å². The van der Waals surface area contributed by atoms with E-state index in [1.807, 2.05) is 48.6 Å². The van der Waals surface area contributed by atoms with Crippen LogP contribution in [0.25, 0.3) is 12.2 Å². The maximum atomic E-state index is 11.8. The van der Waals surface area contributed by atoms with Crippen molar-refractivity contribution in [1.29, 1.82) is 0 Å². The van der Waals surface area contributed by atoms with E-state index in [-0.39, 0.29) is 5.78 Å². The van der Waals surface area contributed by atoms with Gasteiger partial charge in [0.05, 0.1) is 19.8 Å². The van der Waals surface area contributed by atoms with Crippen LogP contribution in [0.4, 0.5) is 0 Å². The molecule has 0 aliphatic rings. The molecule has 3 heteroatoms. The molecule has 0 amide bonds. The van der Waals surface area contributed by atoms with Gasteiger partial charge in [0.1, 0.15) is 11.5 Å². The van der Waals surface area contributed by atoms with Gasteiger partial charge < -0.3 is 9.47 Å². The molecule has 0 aliphatic carbocycles. The third-order valence-electron chi connectivity index (χ3n) is 3.20. The number of Topliss-reactive ketones (excluding diaryl/α,β-unsaturated/α-hetero) is 1. The Kier molecular flexibility index (Phi) is 4.77. The number of hydrogen-bond donors (Lipinski definition) is 0. The minimum atomic E-state index is -0.0122. The van der Waals surface area contributed by atoms with Gasteiger partial charge in [-0.05, 0) is 36.2 Å². The standard InChI is InChI=1S/C18H18O3/c1-13(19)18-15(5-4-6-17(18)21-3)10-7-14-8-11-16(20-2)12-9-14/h4-12H,1-3H3/b10-7+. The summed E-state index contributed by atoms with van der Waals surface area (Å²) >= 11 is 0. The largest absolute Gasteiger partial charge is 0.497 e. The molecule has 2 aromatic rings. The summed E-state index contributed by atoms with van der Waals surface area (Å²) in [4.78, 5) is 11.8. The first-order chi connectivity index (χ1) is 10.2. The van der Waals surface area contributed by atoms with Crippen LogP contribution in [0.5, 0.6) is 11.5 Å². The minimum absolute atomic E-state index is 0.0122. The average Bonchev–Trinajstić information content (AvgIpc) is 2.52. The Morgan fingerprint density at radius 2 is 1.67 bits per heavy atom. The SMILES string of the molecule is COc1ccc(/C=C/c2cccc(OC)c2C(C)=O)cc1. The van der Waals surface area contributed by atoms with Crippen LogP contribution in [-0.4, -0.2) is 20.0 Å². The predicted molar refractivity (Wildman–Crippen MR) is 84.9 cm³/mol. The van der Waals surface area contributed by atoms with Gasteiger partial charge in [0.15, 0.2) is 5.78 Å². The summed E-state index contributed by atoms with van der Waals surface area (Å²) in [6, 6.07) is 13.3. The average molecular weight is 282 g/mol. The third kappa shape index (κ3) is 3.51. The Hall–Kier alpha value is -2.55. The lowest BCUT2D eigenvalue weighted by molar-refractivity contribution is 0.101. The van der Waals surface area contributed by atoms with Crippen LogP contribution in [0.3, 0.4) is 0 Å². The van der Waals surface area contributed by atoms with Gasteiger partial charge in [-0.1, -0.05) is 36.4 Å². The summed E-state index contributed by atoms with van der Waals surface area (Å²) in [5.41, 5.74) is 2.48. The van der Waals surface area contributed by atoms with Crippen molar-refractivity contribution in [3.63, 3.8) is 0 Å². The topological polar surface area (TPSA) is 35.5 Å². The van der Waals surface area contributed by atoms with E-state index < -0.39 is 0 Å². The molecule has 108 valence electrons. The quantitative estimate of drug-likeness (QED) is 0.612. The molecule has 0 atom stereocenters. The van der Waals surface area contributed by atoms with Crippen molar-refractivity contribution in [3.8, 4) is 11.5 Å². The van der Waals surface area contributed by atoms with Gasteiger partial charge in [-0.3, -0.25) is 4.79 Å². The van der Waals surface area contributed by atoms with E-state index in [2.05, 4.69) is 0 Å². The van der Waals surface area contributed by atoms with E-state index in [9.17, 15) is 4.79 Å². The zero-order chi connectivity index (χ0) is 15.2. The summed E-state index contributed by atoms with van der Waals surface area (Å²) in [6.07, 6.45) is 3.88. The van der Waals surface area contributed by atoms with Crippen molar-refractivity contribution < 1.29 is 14.3 Å². The first-order valence-corrected chi connectivity index (χ1v) is 6.65. The van der Waals surface area contributed by atoms with Gasteiger partial charge in [0.2, 0.25) is 0 Å². The minimum Gasteiger partial charge on any atom is -0.497 e. The number of benzene rings is 2. The number of carbonyl (C=O) groups is 1. The lowest BCUT2D eigenvalue weighted by Gasteiger charge is -2.08. The molecule has 0 radical (unpaired) electrons. The van der Waals surface area contributed by atoms with Crippen LogP contribution in [0.15, 0.2) is 42.5 Å². The number of ketones is 1. The first kappa shape index (κ1) is 14.9. The number of carbonyl (C=O) groups excluding carboxylic acids is 1. The molecule has 2 rings (SSSR count). The van der Waals surface area contributed by atoms with E-state index in [0.717, 1.165) is 16.9 Å². The Morgan fingerprint density at radius 3 is 2.24 bits per heavy atom. The van der Waals surface area contributed by atoms with Crippen molar-refractivity contribution in [2.24, 2.45) is 0 Å². The monoisotopic (exact) mass is 282 g/mol. The highest BCUT2D eigenvalue weighted by atomic mass is 16.5. The molecule has 0 heterocycles. The second-order valence-corrected chi connectivity index (χ2v) is 4.59. The molecule has 2 aromatic carbocycles. The van der Waals surface area contributed by atoms with E-state index in [1.54, 1.807) is 27.2 Å². The summed E-state index contributed by atoms with van der Waals surface area (Å²) in [7, 11) is 3.21. The van der Waals surface area contributed by atoms with Crippen molar-refractivity contribution in [2.75, 3.05) is 14.2 Å². The molecule has 21 heavy (non-hydrogen) atoms. The summed E-state index contributed by atoms with van der Waals surface area (Å²) in [6.45, 7) is 1.54. The molecule has 0 saturated carbocycles. The van der Waals surface area contributed by atoms with E-state index >= 15 is 0 Å². The molecule has 0 fully saturated rings. The zero-order valence-electron chi connectivity index (χ0n) is 12.4. The van der Waals surface area contributed by atoms with Crippen LogP contribution in [0.2, 0.25) is 0 Å². The van der Waals surface area contributed by atoms with Crippen molar-refractivity contribution >= 4 is 17.9 Å². The number of rotatable bonds is 5. The van der Waals surface area contributed by atoms with Gasteiger partial charge in [0, 0.05) is 0 Å². The molecule has 0 aliphatic heterocycles. The van der Waals surface area contributed by atoms with E-state index in [1.165, 1.54) is 0 Å². The van der Waals surface area contributed by atoms with Crippen molar-refractivity contribution in [3.05, 3.63) is 59.2 Å². The van der Waals surface area contributed by atoms with Crippen molar-refractivity contribution in [2.45, 2.75) is 6.92 Å². The van der Waals surface area contributed by atoms with Crippen LogP contribution < -0.4 is 9.47 Å². The molecule has 3 nitrogen and oxygen atoms in total. The molecule has 0 bridgehead atoms. The normalized spacial score (nSPS) is 10.6. The maximum Gasteiger partial charge on any atom is 0.164 e. The fourth-order valence-corrected chi connectivity index (χ4v) is 2.13. The van der Waals surface area contributed by atoms with Gasteiger partial charge in [-0.15, -0.1) is 0 Å². The number of ether oxygens (including phenoxy) is 2. The molecule has 0 aromatic heterocycles. The van der Waals surface area contributed by atoms with E-state index in [4.69, 9.17) is 9.47 Å². The molecule has 0 saturated heterocycles. The Balaban J connectivity index is 2.33. The molecule has 0 N–H and O–H groups in total. The number of methoxy groups -OCH3 is 2. The fraction of sp³-hybridized carbons (Fsp3) is 0.167. The van der Waals surface area contributed by atoms with Gasteiger partial charge in [-0.25, -0.2) is 0 Å². The smallest absolute Gasteiger partial charge is 0.164 e. The van der Waals surface area contributed by atoms with Crippen LogP contribution >= 0.6 is 0 Å². The van der Waals surface area contributed by atoms with Gasteiger partial charge >= 0.3 is 0 Å².